The molecule has 2 aliphatic rings. The zero-order valence-corrected chi connectivity index (χ0v) is 11.5. The number of piperazine rings is 1. The van der Waals surface area contributed by atoms with Gasteiger partial charge in [-0.2, -0.15) is 0 Å². The lowest BCUT2D eigenvalue weighted by Crippen LogP contribution is -2.47. The highest BCUT2D eigenvalue weighted by Gasteiger charge is 2.26. The second-order valence-electron chi connectivity index (χ2n) is 4.85. The summed E-state index contributed by atoms with van der Waals surface area (Å²) in [6.45, 7) is 6.27. The first kappa shape index (κ1) is 13.2. The van der Waals surface area contributed by atoms with Gasteiger partial charge in [-0.3, -0.25) is 9.69 Å². The summed E-state index contributed by atoms with van der Waals surface area (Å²) in [5, 5.41) is 3.58. The van der Waals surface area contributed by atoms with E-state index in [9.17, 15) is 4.79 Å². The summed E-state index contributed by atoms with van der Waals surface area (Å²) >= 11 is 1.83. The maximum atomic E-state index is 12.1. The van der Waals surface area contributed by atoms with E-state index in [1.165, 1.54) is 6.42 Å². The molecule has 0 aliphatic carbocycles. The fourth-order valence-corrected chi connectivity index (χ4v) is 3.63. The first-order chi connectivity index (χ1) is 8.27. The van der Waals surface area contributed by atoms with Gasteiger partial charge in [-0.15, -0.1) is 11.8 Å². The van der Waals surface area contributed by atoms with Crippen LogP contribution in [0.5, 0.6) is 0 Å². The van der Waals surface area contributed by atoms with Crippen molar-refractivity contribution in [1.29, 1.82) is 0 Å². The van der Waals surface area contributed by atoms with Gasteiger partial charge in [-0.25, -0.2) is 0 Å². The molecule has 2 fully saturated rings. The SMILES string of the molecule is CN(CCN1CCNCC1)C(=O)C1CCCS1. The van der Waals surface area contributed by atoms with Crippen LogP contribution in [0.2, 0.25) is 0 Å². The minimum atomic E-state index is 0.239. The first-order valence-corrected chi connectivity index (χ1v) is 7.62. The van der Waals surface area contributed by atoms with Gasteiger partial charge in [-0.1, -0.05) is 0 Å². The number of carbonyl (C=O) groups is 1. The molecular weight excluding hydrogens is 234 g/mol. The Morgan fingerprint density at radius 2 is 2.24 bits per heavy atom. The second-order valence-corrected chi connectivity index (χ2v) is 6.16. The number of hydrogen-bond donors (Lipinski definition) is 1. The largest absolute Gasteiger partial charge is 0.344 e. The zero-order valence-electron chi connectivity index (χ0n) is 10.7. The van der Waals surface area contributed by atoms with Gasteiger partial charge in [0.2, 0.25) is 5.91 Å². The Morgan fingerprint density at radius 1 is 1.47 bits per heavy atom. The Hall–Kier alpha value is -0.260. The Morgan fingerprint density at radius 3 is 2.88 bits per heavy atom. The van der Waals surface area contributed by atoms with E-state index in [4.69, 9.17) is 0 Å². The molecule has 1 atom stereocenters. The molecule has 0 aromatic heterocycles. The predicted molar refractivity (Wildman–Crippen MR) is 72.4 cm³/mol. The van der Waals surface area contributed by atoms with E-state index in [1.807, 2.05) is 23.7 Å². The number of hydrogen-bond acceptors (Lipinski definition) is 4. The molecule has 5 heteroatoms. The van der Waals surface area contributed by atoms with E-state index in [0.717, 1.165) is 51.4 Å². The van der Waals surface area contributed by atoms with Crippen molar-refractivity contribution in [3.05, 3.63) is 0 Å². The highest BCUT2D eigenvalue weighted by atomic mass is 32.2. The summed E-state index contributed by atoms with van der Waals surface area (Å²) in [6.07, 6.45) is 2.27. The average molecular weight is 257 g/mol. The van der Waals surface area contributed by atoms with E-state index >= 15 is 0 Å². The van der Waals surface area contributed by atoms with Crippen LogP contribution in [0.4, 0.5) is 0 Å². The molecule has 0 spiro atoms. The van der Waals surface area contributed by atoms with Crippen molar-refractivity contribution in [2.24, 2.45) is 0 Å². The molecular formula is C12H23N3OS. The first-order valence-electron chi connectivity index (χ1n) is 6.57. The number of nitrogens with zero attached hydrogens (tertiary/aromatic N) is 2. The van der Waals surface area contributed by atoms with Crippen LogP contribution in [0.1, 0.15) is 12.8 Å². The number of rotatable bonds is 4. The fraction of sp³-hybridized carbons (Fsp3) is 0.917. The molecule has 98 valence electrons. The molecule has 17 heavy (non-hydrogen) atoms. The van der Waals surface area contributed by atoms with E-state index < -0.39 is 0 Å². The lowest BCUT2D eigenvalue weighted by Gasteiger charge is -2.29. The number of nitrogens with one attached hydrogen (secondary N) is 1. The second kappa shape index (κ2) is 6.61. The smallest absolute Gasteiger partial charge is 0.235 e. The summed E-state index contributed by atoms with van der Waals surface area (Å²) in [4.78, 5) is 16.4. The van der Waals surface area contributed by atoms with Gasteiger partial charge < -0.3 is 10.2 Å². The predicted octanol–water partition coefficient (Wildman–Crippen LogP) is 0.246. The monoisotopic (exact) mass is 257 g/mol. The van der Waals surface area contributed by atoms with Gasteiger partial charge in [0, 0.05) is 46.3 Å². The van der Waals surface area contributed by atoms with Crippen LogP contribution < -0.4 is 5.32 Å². The number of likely N-dealkylation sites (N-methyl/N-ethyl adjacent to an activating group) is 1. The molecule has 2 rings (SSSR count). The lowest BCUT2D eigenvalue weighted by atomic mass is 10.2. The Kier molecular flexibility index (Phi) is 5.13. The van der Waals surface area contributed by atoms with E-state index in [-0.39, 0.29) is 5.25 Å². The third kappa shape index (κ3) is 3.86. The van der Waals surface area contributed by atoms with Crippen molar-refractivity contribution in [3.8, 4) is 0 Å². The molecule has 0 aromatic rings. The van der Waals surface area contributed by atoms with Gasteiger partial charge >= 0.3 is 0 Å². The Bertz CT molecular complexity index is 250. The summed E-state index contributed by atoms with van der Waals surface area (Å²) in [6, 6.07) is 0. The van der Waals surface area contributed by atoms with Gasteiger partial charge in [0.1, 0.15) is 0 Å². The fourth-order valence-electron chi connectivity index (χ4n) is 2.35. The normalized spacial score (nSPS) is 26.1. The molecule has 0 aromatic carbocycles. The van der Waals surface area contributed by atoms with Crippen LogP contribution in [0, 0.1) is 0 Å². The average Bonchev–Trinajstić information content (AvgIpc) is 2.90. The molecule has 0 radical (unpaired) electrons. The third-order valence-electron chi connectivity index (χ3n) is 3.54. The molecule has 0 saturated carbocycles. The van der Waals surface area contributed by atoms with Crippen molar-refractivity contribution in [1.82, 2.24) is 15.1 Å². The van der Waals surface area contributed by atoms with Crippen molar-refractivity contribution < 1.29 is 4.79 Å². The number of thioether (sulfide) groups is 1. The molecule has 1 N–H and O–H groups in total. The van der Waals surface area contributed by atoms with Crippen LogP contribution in [-0.4, -0.2) is 73.0 Å². The number of amides is 1. The topological polar surface area (TPSA) is 35.6 Å². The van der Waals surface area contributed by atoms with Crippen LogP contribution in [0.25, 0.3) is 0 Å². The van der Waals surface area contributed by atoms with E-state index in [1.54, 1.807) is 0 Å². The highest BCUT2D eigenvalue weighted by Crippen LogP contribution is 2.27. The van der Waals surface area contributed by atoms with E-state index in [2.05, 4.69) is 10.2 Å². The van der Waals surface area contributed by atoms with Gasteiger partial charge in [0.05, 0.1) is 5.25 Å². The van der Waals surface area contributed by atoms with Crippen LogP contribution >= 0.6 is 11.8 Å². The minimum Gasteiger partial charge on any atom is -0.344 e. The quantitative estimate of drug-likeness (QED) is 0.783. The minimum absolute atomic E-state index is 0.239. The molecule has 1 amide bonds. The summed E-state index contributed by atoms with van der Waals surface area (Å²) in [5.41, 5.74) is 0. The van der Waals surface area contributed by atoms with Crippen LogP contribution in [0.3, 0.4) is 0 Å². The van der Waals surface area contributed by atoms with Crippen LogP contribution in [-0.2, 0) is 4.79 Å². The molecule has 2 saturated heterocycles. The van der Waals surface area contributed by atoms with Gasteiger partial charge in [-0.05, 0) is 18.6 Å². The number of carbonyl (C=O) groups excluding carboxylic acids is 1. The van der Waals surface area contributed by atoms with Gasteiger partial charge in [0.25, 0.3) is 0 Å². The van der Waals surface area contributed by atoms with Crippen molar-refractivity contribution in [2.45, 2.75) is 18.1 Å². The summed E-state index contributed by atoms with van der Waals surface area (Å²) in [7, 11) is 1.95. The van der Waals surface area contributed by atoms with Crippen molar-refractivity contribution in [2.75, 3.05) is 52.1 Å². The van der Waals surface area contributed by atoms with Crippen molar-refractivity contribution >= 4 is 17.7 Å². The Labute approximate surface area is 108 Å². The zero-order chi connectivity index (χ0) is 12.1. The van der Waals surface area contributed by atoms with Crippen LogP contribution in [0.15, 0.2) is 0 Å². The Balaban J connectivity index is 1.68. The molecule has 2 heterocycles. The van der Waals surface area contributed by atoms with Gasteiger partial charge in [0.15, 0.2) is 0 Å². The van der Waals surface area contributed by atoms with E-state index in [0.29, 0.717) is 5.91 Å². The standard InChI is InChI=1S/C12H23N3OS/c1-14(12(16)11-3-2-10-17-11)8-9-15-6-4-13-5-7-15/h11,13H,2-10H2,1H3. The summed E-state index contributed by atoms with van der Waals surface area (Å²) < 4.78 is 0. The molecule has 2 aliphatic heterocycles. The molecule has 4 nitrogen and oxygen atoms in total. The van der Waals surface area contributed by atoms with Crippen molar-refractivity contribution in [3.63, 3.8) is 0 Å². The maximum absolute atomic E-state index is 12.1. The molecule has 1 unspecified atom stereocenters. The highest BCUT2D eigenvalue weighted by molar-refractivity contribution is 8.00. The maximum Gasteiger partial charge on any atom is 0.235 e. The molecule has 0 bridgehead atoms. The third-order valence-corrected chi connectivity index (χ3v) is 4.91. The lowest BCUT2D eigenvalue weighted by molar-refractivity contribution is -0.129. The summed E-state index contributed by atoms with van der Waals surface area (Å²) in [5.74, 6) is 1.49.